The molecule has 0 saturated carbocycles. The molecule has 1 heterocycles. The molecular weight excluding hydrogens is 305 g/mol. The van der Waals surface area contributed by atoms with Gasteiger partial charge < -0.3 is 10.1 Å². The van der Waals surface area contributed by atoms with E-state index in [1.807, 2.05) is 18.2 Å². The van der Waals surface area contributed by atoms with E-state index < -0.39 is 0 Å². The van der Waals surface area contributed by atoms with Crippen LogP contribution in [0.2, 0.25) is 0 Å². The number of esters is 1. The van der Waals surface area contributed by atoms with Crippen molar-refractivity contribution in [2.75, 3.05) is 12.4 Å². The number of anilines is 1. The molecule has 1 aliphatic heterocycles. The molecule has 3 atom stereocenters. The average molecular weight is 323 g/mol. The van der Waals surface area contributed by atoms with Crippen LogP contribution in [0.1, 0.15) is 39.9 Å². The first-order valence-corrected chi connectivity index (χ1v) is 8.08. The highest BCUT2D eigenvalue weighted by Crippen LogP contribution is 2.49. The van der Waals surface area contributed by atoms with Crippen molar-refractivity contribution in [2.45, 2.75) is 18.4 Å². The number of benzene rings is 2. The van der Waals surface area contributed by atoms with Gasteiger partial charge in [-0.1, -0.05) is 24.3 Å². The summed E-state index contributed by atoms with van der Waals surface area (Å²) in [7, 11) is 1.39. The highest BCUT2D eigenvalue weighted by atomic mass is 19.1. The van der Waals surface area contributed by atoms with Crippen molar-refractivity contribution in [3.8, 4) is 0 Å². The van der Waals surface area contributed by atoms with Crippen LogP contribution >= 0.6 is 0 Å². The van der Waals surface area contributed by atoms with Gasteiger partial charge in [0, 0.05) is 11.6 Å². The van der Waals surface area contributed by atoms with Crippen molar-refractivity contribution in [3.05, 3.63) is 77.1 Å². The van der Waals surface area contributed by atoms with Gasteiger partial charge >= 0.3 is 5.97 Å². The van der Waals surface area contributed by atoms with E-state index in [0.29, 0.717) is 11.5 Å². The fourth-order valence-corrected chi connectivity index (χ4v) is 3.87. The van der Waals surface area contributed by atoms with Gasteiger partial charge in [0.15, 0.2) is 0 Å². The van der Waals surface area contributed by atoms with Gasteiger partial charge in [0.05, 0.1) is 18.7 Å². The maximum absolute atomic E-state index is 13.6. The Labute approximate surface area is 140 Å². The molecule has 0 bridgehead atoms. The standard InChI is InChI=1S/C20H18FNO2/c1-24-20(23)13-8-9-18-17(11-13)15-6-3-7-16(15)19(22-18)12-4-2-5-14(21)10-12/h2-6,8-11,15-16,19,22H,7H2,1H3/t15-,16+,19+/m1/s1. The molecule has 1 aliphatic carbocycles. The number of hydrogen-bond acceptors (Lipinski definition) is 3. The van der Waals surface area contributed by atoms with Gasteiger partial charge in [0.1, 0.15) is 5.82 Å². The Balaban J connectivity index is 1.76. The van der Waals surface area contributed by atoms with Crippen molar-refractivity contribution in [1.82, 2.24) is 0 Å². The molecule has 0 radical (unpaired) electrons. The number of ether oxygens (including phenoxy) is 1. The summed E-state index contributed by atoms with van der Waals surface area (Å²) in [5, 5.41) is 3.54. The number of fused-ring (bicyclic) bond motifs is 3. The summed E-state index contributed by atoms with van der Waals surface area (Å²) in [5.74, 6) is -0.0152. The van der Waals surface area contributed by atoms with E-state index in [2.05, 4.69) is 17.5 Å². The molecule has 0 saturated heterocycles. The molecule has 0 spiro atoms. The SMILES string of the molecule is COC(=O)c1ccc2c(c1)[C@@H]1C=CC[C@@H]1[C@H](c1cccc(F)c1)N2. The Kier molecular flexibility index (Phi) is 3.60. The summed E-state index contributed by atoms with van der Waals surface area (Å²) < 4.78 is 18.5. The summed E-state index contributed by atoms with van der Waals surface area (Å²) in [6.07, 6.45) is 5.29. The summed E-state index contributed by atoms with van der Waals surface area (Å²) in [6.45, 7) is 0. The van der Waals surface area contributed by atoms with Crippen molar-refractivity contribution in [3.63, 3.8) is 0 Å². The monoisotopic (exact) mass is 323 g/mol. The fraction of sp³-hybridized carbons (Fsp3) is 0.250. The van der Waals surface area contributed by atoms with Gasteiger partial charge in [0.25, 0.3) is 0 Å². The lowest BCUT2D eigenvalue weighted by molar-refractivity contribution is 0.0600. The second-order valence-electron chi connectivity index (χ2n) is 6.32. The van der Waals surface area contributed by atoms with E-state index in [4.69, 9.17) is 4.74 Å². The Morgan fingerprint density at radius 3 is 2.92 bits per heavy atom. The Morgan fingerprint density at radius 2 is 2.12 bits per heavy atom. The number of carbonyl (C=O) groups is 1. The second-order valence-corrected chi connectivity index (χ2v) is 6.32. The number of methoxy groups -OCH3 is 1. The summed E-state index contributed by atoms with van der Waals surface area (Å²) in [4.78, 5) is 11.8. The molecule has 2 aliphatic rings. The zero-order chi connectivity index (χ0) is 16.7. The van der Waals surface area contributed by atoms with E-state index in [-0.39, 0.29) is 23.7 Å². The minimum Gasteiger partial charge on any atom is -0.465 e. The molecule has 0 fully saturated rings. The minimum atomic E-state index is -0.330. The highest BCUT2D eigenvalue weighted by molar-refractivity contribution is 5.90. The number of carbonyl (C=O) groups excluding carboxylic acids is 1. The third kappa shape index (κ3) is 2.39. The number of allylic oxidation sites excluding steroid dienone is 2. The average Bonchev–Trinajstić information content (AvgIpc) is 3.10. The Morgan fingerprint density at radius 1 is 1.25 bits per heavy atom. The van der Waals surface area contributed by atoms with E-state index in [0.717, 1.165) is 23.2 Å². The van der Waals surface area contributed by atoms with Gasteiger partial charge in [-0.25, -0.2) is 9.18 Å². The quantitative estimate of drug-likeness (QED) is 0.656. The van der Waals surface area contributed by atoms with Crippen LogP contribution < -0.4 is 5.32 Å². The minimum absolute atomic E-state index is 0.0529. The first-order chi connectivity index (χ1) is 11.7. The van der Waals surface area contributed by atoms with Crippen molar-refractivity contribution in [2.24, 2.45) is 5.92 Å². The topological polar surface area (TPSA) is 38.3 Å². The predicted molar refractivity (Wildman–Crippen MR) is 90.5 cm³/mol. The maximum atomic E-state index is 13.6. The molecule has 3 nitrogen and oxygen atoms in total. The number of halogens is 1. The third-order valence-corrected chi connectivity index (χ3v) is 4.99. The summed E-state index contributed by atoms with van der Waals surface area (Å²) >= 11 is 0. The van der Waals surface area contributed by atoms with E-state index >= 15 is 0 Å². The van der Waals surface area contributed by atoms with Crippen LogP contribution in [0.15, 0.2) is 54.6 Å². The predicted octanol–water partition coefficient (Wildman–Crippen LogP) is 4.44. The second kappa shape index (κ2) is 5.78. The lowest BCUT2D eigenvalue weighted by atomic mass is 9.76. The van der Waals surface area contributed by atoms with Gasteiger partial charge in [0.2, 0.25) is 0 Å². The van der Waals surface area contributed by atoms with Crippen LogP contribution in [0.4, 0.5) is 10.1 Å². The number of hydrogen-bond donors (Lipinski definition) is 1. The van der Waals surface area contributed by atoms with E-state index in [1.165, 1.54) is 13.2 Å². The zero-order valence-corrected chi connectivity index (χ0v) is 13.3. The Hall–Kier alpha value is -2.62. The zero-order valence-electron chi connectivity index (χ0n) is 13.3. The Bertz CT molecular complexity index is 830. The van der Waals surface area contributed by atoms with Gasteiger partial charge in [-0.05, 0) is 53.8 Å². The summed E-state index contributed by atoms with van der Waals surface area (Å²) in [5.41, 5.74) is 3.60. The maximum Gasteiger partial charge on any atom is 0.337 e. The van der Waals surface area contributed by atoms with Crippen molar-refractivity contribution < 1.29 is 13.9 Å². The highest BCUT2D eigenvalue weighted by Gasteiger charge is 2.38. The molecule has 0 unspecified atom stereocenters. The lowest BCUT2D eigenvalue weighted by Gasteiger charge is -2.37. The van der Waals surface area contributed by atoms with Crippen molar-refractivity contribution >= 4 is 11.7 Å². The van der Waals surface area contributed by atoms with Crippen LogP contribution in [0.3, 0.4) is 0 Å². The van der Waals surface area contributed by atoms with Crippen LogP contribution in [0.25, 0.3) is 0 Å². The first-order valence-electron chi connectivity index (χ1n) is 8.08. The van der Waals surface area contributed by atoms with Gasteiger partial charge in [-0.2, -0.15) is 0 Å². The van der Waals surface area contributed by atoms with Crippen molar-refractivity contribution in [1.29, 1.82) is 0 Å². The van der Waals surface area contributed by atoms with E-state index in [1.54, 1.807) is 18.2 Å². The third-order valence-electron chi connectivity index (χ3n) is 4.99. The molecule has 122 valence electrons. The molecule has 0 aromatic heterocycles. The molecule has 0 amide bonds. The molecule has 4 heteroatoms. The number of rotatable bonds is 2. The van der Waals surface area contributed by atoms with Crippen LogP contribution in [0, 0.1) is 11.7 Å². The van der Waals surface area contributed by atoms with Gasteiger partial charge in [-0.15, -0.1) is 0 Å². The smallest absolute Gasteiger partial charge is 0.337 e. The van der Waals surface area contributed by atoms with Crippen LogP contribution in [0.5, 0.6) is 0 Å². The molecule has 24 heavy (non-hydrogen) atoms. The van der Waals surface area contributed by atoms with E-state index in [9.17, 15) is 9.18 Å². The van der Waals surface area contributed by atoms with Crippen LogP contribution in [-0.2, 0) is 4.74 Å². The number of nitrogens with one attached hydrogen (secondary N) is 1. The molecule has 2 aromatic carbocycles. The van der Waals surface area contributed by atoms with Crippen LogP contribution in [-0.4, -0.2) is 13.1 Å². The normalized spacial score (nSPS) is 24.0. The molecular formula is C20H18FNO2. The molecule has 2 aromatic rings. The largest absolute Gasteiger partial charge is 0.465 e. The summed E-state index contributed by atoms with van der Waals surface area (Å²) in [6, 6.07) is 12.4. The van der Waals surface area contributed by atoms with Gasteiger partial charge in [-0.3, -0.25) is 0 Å². The first kappa shape index (κ1) is 14.9. The molecule has 4 rings (SSSR count). The molecule has 1 N–H and O–H groups in total. The lowest BCUT2D eigenvalue weighted by Crippen LogP contribution is -2.29. The fourth-order valence-electron chi connectivity index (χ4n) is 3.87.